The number of amides is 1. The topological polar surface area (TPSA) is 49.9 Å². The maximum Gasteiger partial charge on any atom is 0.260 e. The maximum absolute atomic E-state index is 12.3. The van der Waals surface area contributed by atoms with Gasteiger partial charge in [0.2, 0.25) is 0 Å². The van der Waals surface area contributed by atoms with E-state index in [2.05, 4.69) is 17.0 Å². The van der Waals surface area contributed by atoms with E-state index in [1.165, 1.54) is 12.6 Å². The van der Waals surface area contributed by atoms with Crippen LogP contribution in [0, 0.1) is 0 Å². The van der Waals surface area contributed by atoms with Crippen molar-refractivity contribution in [1.29, 1.82) is 0 Å². The van der Waals surface area contributed by atoms with Crippen molar-refractivity contribution in [3.05, 3.63) is 60.2 Å². The van der Waals surface area contributed by atoms with Crippen molar-refractivity contribution in [2.45, 2.75) is 6.92 Å². The molecule has 0 aromatic heterocycles. The highest BCUT2D eigenvalue weighted by atomic mass is 16.5. The Morgan fingerprint density at radius 1 is 0.960 bits per heavy atom. The van der Waals surface area contributed by atoms with E-state index in [1.54, 1.807) is 24.3 Å². The summed E-state index contributed by atoms with van der Waals surface area (Å²) in [4.78, 5) is 27.9. The van der Waals surface area contributed by atoms with Gasteiger partial charge in [-0.1, -0.05) is 30.3 Å². The third-order valence-electron chi connectivity index (χ3n) is 4.36. The Morgan fingerprint density at radius 3 is 2.36 bits per heavy atom. The average Bonchev–Trinajstić information content (AvgIpc) is 2.67. The second-order valence-electron chi connectivity index (χ2n) is 6.08. The number of piperazine rings is 1. The molecule has 130 valence electrons. The van der Waals surface area contributed by atoms with Crippen LogP contribution in [-0.2, 0) is 4.79 Å². The van der Waals surface area contributed by atoms with Gasteiger partial charge in [0, 0.05) is 37.4 Å². The van der Waals surface area contributed by atoms with Gasteiger partial charge in [0.05, 0.1) is 0 Å². The number of Topliss-reactive ketones (excluding diaryl/α,β-unsaturated/α-hetero) is 1. The molecule has 1 aliphatic rings. The number of carbonyl (C=O) groups excluding carboxylic acids is 2. The van der Waals surface area contributed by atoms with Crippen LogP contribution in [-0.4, -0.2) is 49.4 Å². The van der Waals surface area contributed by atoms with E-state index in [0.717, 1.165) is 13.1 Å². The summed E-state index contributed by atoms with van der Waals surface area (Å²) in [5.41, 5.74) is 1.77. The van der Waals surface area contributed by atoms with Gasteiger partial charge in [0.25, 0.3) is 5.91 Å². The summed E-state index contributed by atoms with van der Waals surface area (Å²) in [5, 5.41) is 0. The van der Waals surface area contributed by atoms with Crippen LogP contribution in [0.5, 0.6) is 5.75 Å². The molecule has 0 aliphatic carbocycles. The first-order chi connectivity index (χ1) is 12.1. The van der Waals surface area contributed by atoms with Crippen molar-refractivity contribution >= 4 is 17.4 Å². The van der Waals surface area contributed by atoms with Crippen molar-refractivity contribution in [2.75, 3.05) is 37.7 Å². The summed E-state index contributed by atoms with van der Waals surface area (Å²) in [6.07, 6.45) is 0. The van der Waals surface area contributed by atoms with Crippen LogP contribution < -0.4 is 9.64 Å². The Bertz CT molecular complexity index is 738. The van der Waals surface area contributed by atoms with Gasteiger partial charge in [-0.25, -0.2) is 0 Å². The molecule has 2 aromatic rings. The molecule has 0 unspecified atom stereocenters. The molecule has 1 fully saturated rings. The summed E-state index contributed by atoms with van der Waals surface area (Å²) in [6.45, 7) is 4.50. The van der Waals surface area contributed by atoms with Gasteiger partial charge in [0.15, 0.2) is 12.4 Å². The molecule has 0 atom stereocenters. The number of anilines is 1. The lowest BCUT2D eigenvalue weighted by Crippen LogP contribution is -2.50. The van der Waals surface area contributed by atoms with Crippen LogP contribution in [0.15, 0.2) is 54.6 Å². The second-order valence-corrected chi connectivity index (χ2v) is 6.08. The number of benzene rings is 2. The fraction of sp³-hybridized carbons (Fsp3) is 0.300. The van der Waals surface area contributed by atoms with Crippen LogP contribution in [0.1, 0.15) is 17.3 Å². The van der Waals surface area contributed by atoms with Crippen molar-refractivity contribution in [2.24, 2.45) is 0 Å². The predicted octanol–water partition coefficient (Wildman–Crippen LogP) is 2.62. The summed E-state index contributed by atoms with van der Waals surface area (Å²) in [5.74, 6) is 0.499. The number of ether oxygens (including phenoxy) is 1. The van der Waals surface area contributed by atoms with Gasteiger partial charge >= 0.3 is 0 Å². The summed E-state index contributed by atoms with van der Waals surface area (Å²) >= 11 is 0. The highest BCUT2D eigenvalue weighted by molar-refractivity contribution is 5.94. The van der Waals surface area contributed by atoms with E-state index in [9.17, 15) is 9.59 Å². The quantitative estimate of drug-likeness (QED) is 0.787. The van der Waals surface area contributed by atoms with Crippen molar-refractivity contribution in [3.8, 4) is 5.75 Å². The molecule has 0 N–H and O–H groups in total. The smallest absolute Gasteiger partial charge is 0.260 e. The molecular weight excluding hydrogens is 316 g/mol. The van der Waals surface area contributed by atoms with Crippen LogP contribution in [0.25, 0.3) is 0 Å². The normalized spacial score (nSPS) is 14.3. The lowest BCUT2D eigenvalue weighted by atomic mass is 10.1. The zero-order valence-electron chi connectivity index (χ0n) is 14.4. The summed E-state index contributed by atoms with van der Waals surface area (Å²) in [7, 11) is 0. The average molecular weight is 338 g/mol. The van der Waals surface area contributed by atoms with Gasteiger partial charge in [-0.05, 0) is 31.2 Å². The SMILES string of the molecule is CC(=O)c1cccc(OCC(=O)N2CCN(c3ccccc3)CC2)c1. The molecule has 0 saturated carbocycles. The molecule has 1 amide bonds. The Labute approximate surface area is 147 Å². The van der Waals surface area contributed by atoms with E-state index in [1.807, 2.05) is 23.1 Å². The van der Waals surface area contributed by atoms with Crippen LogP contribution in [0.2, 0.25) is 0 Å². The number of hydrogen-bond donors (Lipinski definition) is 0. The summed E-state index contributed by atoms with van der Waals surface area (Å²) < 4.78 is 5.57. The zero-order valence-corrected chi connectivity index (χ0v) is 14.4. The minimum absolute atomic E-state index is 0.00725. The van der Waals surface area contributed by atoms with E-state index in [-0.39, 0.29) is 18.3 Å². The number of carbonyl (C=O) groups is 2. The van der Waals surface area contributed by atoms with E-state index in [0.29, 0.717) is 24.4 Å². The largest absolute Gasteiger partial charge is 0.484 e. The van der Waals surface area contributed by atoms with E-state index < -0.39 is 0 Å². The Balaban J connectivity index is 1.50. The number of hydrogen-bond acceptors (Lipinski definition) is 4. The third-order valence-corrected chi connectivity index (χ3v) is 4.36. The van der Waals surface area contributed by atoms with E-state index >= 15 is 0 Å². The van der Waals surface area contributed by atoms with Crippen molar-refractivity contribution in [3.63, 3.8) is 0 Å². The minimum Gasteiger partial charge on any atom is -0.484 e. The van der Waals surface area contributed by atoms with Gasteiger partial charge in [-0.15, -0.1) is 0 Å². The molecule has 1 heterocycles. The summed E-state index contributed by atoms with van der Waals surface area (Å²) in [6, 6.07) is 17.1. The highest BCUT2D eigenvalue weighted by Gasteiger charge is 2.21. The van der Waals surface area contributed by atoms with Crippen LogP contribution in [0.4, 0.5) is 5.69 Å². The second kappa shape index (κ2) is 7.83. The predicted molar refractivity (Wildman–Crippen MR) is 97.2 cm³/mol. The number of nitrogens with zero attached hydrogens (tertiary/aromatic N) is 2. The molecule has 25 heavy (non-hydrogen) atoms. The lowest BCUT2D eigenvalue weighted by molar-refractivity contribution is -0.133. The molecule has 2 aromatic carbocycles. The minimum atomic E-state index is -0.0269. The fourth-order valence-corrected chi connectivity index (χ4v) is 2.89. The van der Waals surface area contributed by atoms with Crippen LogP contribution in [0.3, 0.4) is 0 Å². The molecular formula is C20H22N2O3. The van der Waals surface area contributed by atoms with Gasteiger partial charge in [0.1, 0.15) is 5.75 Å². The zero-order chi connectivity index (χ0) is 17.6. The fourth-order valence-electron chi connectivity index (χ4n) is 2.89. The first-order valence-electron chi connectivity index (χ1n) is 8.45. The molecule has 5 nitrogen and oxygen atoms in total. The highest BCUT2D eigenvalue weighted by Crippen LogP contribution is 2.16. The van der Waals surface area contributed by atoms with Crippen LogP contribution >= 0.6 is 0 Å². The molecule has 0 radical (unpaired) electrons. The van der Waals surface area contributed by atoms with Gasteiger partial charge in [-0.2, -0.15) is 0 Å². The first-order valence-corrected chi connectivity index (χ1v) is 8.45. The Hall–Kier alpha value is -2.82. The lowest BCUT2D eigenvalue weighted by Gasteiger charge is -2.36. The number of rotatable bonds is 5. The maximum atomic E-state index is 12.3. The van der Waals surface area contributed by atoms with Crippen molar-refractivity contribution in [1.82, 2.24) is 4.90 Å². The number of para-hydroxylation sites is 1. The monoisotopic (exact) mass is 338 g/mol. The molecule has 0 bridgehead atoms. The Morgan fingerprint density at radius 2 is 1.68 bits per heavy atom. The van der Waals surface area contributed by atoms with Gasteiger partial charge in [-0.3, -0.25) is 9.59 Å². The number of ketones is 1. The Kier molecular flexibility index (Phi) is 5.33. The molecule has 1 aliphatic heterocycles. The van der Waals surface area contributed by atoms with Crippen molar-refractivity contribution < 1.29 is 14.3 Å². The molecule has 5 heteroatoms. The molecule has 3 rings (SSSR count). The standard InChI is InChI=1S/C20H22N2O3/c1-16(23)17-6-5-9-19(14-17)25-15-20(24)22-12-10-21(11-13-22)18-7-3-2-4-8-18/h2-9,14H,10-13,15H2,1H3. The van der Waals surface area contributed by atoms with E-state index in [4.69, 9.17) is 4.74 Å². The third kappa shape index (κ3) is 4.38. The molecule has 1 saturated heterocycles. The molecule has 0 spiro atoms. The first kappa shape index (κ1) is 17.0. The van der Waals surface area contributed by atoms with Gasteiger partial charge < -0.3 is 14.5 Å².